The van der Waals surface area contributed by atoms with Gasteiger partial charge in [0, 0.05) is 0 Å². The molecule has 0 spiro atoms. The Morgan fingerprint density at radius 1 is 1.00 bits per heavy atom. The van der Waals surface area contributed by atoms with Gasteiger partial charge in [0.15, 0.2) is 6.10 Å². The van der Waals surface area contributed by atoms with Gasteiger partial charge < -0.3 is 10.1 Å². The highest BCUT2D eigenvalue weighted by Gasteiger charge is 2.20. The van der Waals surface area contributed by atoms with Crippen molar-refractivity contribution < 1.29 is 9.53 Å². The lowest BCUT2D eigenvalue weighted by Crippen LogP contribution is -2.38. The van der Waals surface area contributed by atoms with Crippen molar-refractivity contribution in [2.75, 3.05) is 0 Å². The summed E-state index contributed by atoms with van der Waals surface area (Å²) in [5, 5.41) is 3.13. The van der Waals surface area contributed by atoms with Crippen molar-refractivity contribution in [2.24, 2.45) is 0 Å². The fraction of sp³-hybridized carbons (Fsp3) is 0.435. The summed E-state index contributed by atoms with van der Waals surface area (Å²) in [4.78, 5) is 12.7. The van der Waals surface area contributed by atoms with Gasteiger partial charge in [0.2, 0.25) is 0 Å². The van der Waals surface area contributed by atoms with Crippen LogP contribution < -0.4 is 10.1 Å². The van der Waals surface area contributed by atoms with E-state index in [1.54, 1.807) is 6.92 Å². The van der Waals surface area contributed by atoms with Crippen LogP contribution in [0.2, 0.25) is 0 Å². The van der Waals surface area contributed by atoms with Gasteiger partial charge in [-0.3, -0.25) is 4.79 Å². The molecule has 0 aliphatic carbocycles. The van der Waals surface area contributed by atoms with Gasteiger partial charge in [0.25, 0.3) is 5.91 Å². The molecule has 0 heterocycles. The van der Waals surface area contributed by atoms with Crippen molar-refractivity contribution in [1.82, 2.24) is 5.32 Å². The molecule has 2 aromatic rings. The highest BCUT2D eigenvalue weighted by molar-refractivity contribution is 5.81. The monoisotopic (exact) mass is 353 g/mol. The molecule has 2 atom stereocenters. The minimum atomic E-state index is -0.546. The highest BCUT2D eigenvalue weighted by Crippen LogP contribution is 2.25. The maximum atomic E-state index is 12.7. The average Bonchev–Trinajstić information content (AvgIpc) is 2.59. The van der Waals surface area contributed by atoms with Crippen LogP contribution in [-0.2, 0) is 4.79 Å². The molecular formula is C23H31NO2. The second-order valence-electron chi connectivity index (χ2n) is 7.28. The Hall–Kier alpha value is -2.29. The van der Waals surface area contributed by atoms with Crippen molar-refractivity contribution in [3.63, 3.8) is 0 Å². The van der Waals surface area contributed by atoms with Crippen LogP contribution in [0, 0.1) is 34.6 Å². The summed E-state index contributed by atoms with van der Waals surface area (Å²) in [6.45, 7) is 14.2. The van der Waals surface area contributed by atoms with Gasteiger partial charge in [-0.25, -0.2) is 0 Å². The first-order valence-electron chi connectivity index (χ1n) is 9.35. The average molecular weight is 354 g/mol. The molecule has 0 radical (unpaired) electrons. The summed E-state index contributed by atoms with van der Waals surface area (Å²) < 4.78 is 5.98. The van der Waals surface area contributed by atoms with E-state index in [9.17, 15) is 4.79 Å². The summed E-state index contributed by atoms with van der Waals surface area (Å²) in [5.41, 5.74) is 7.03. The fourth-order valence-electron chi connectivity index (χ4n) is 3.06. The van der Waals surface area contributed by atoms with E-state index in [-0.39, 0.29) is 11.9 Å². The summed E-state index contributed by atoms with van der Waals surface area (Å²) >= 11 is 0. The van der Waals surface area contributed by atoms with E-state index in [1.165, 1.54) is 16.7 Å². The van der Waals surface area contributed by atoms with Gasteiger partial charge in [0.05, 0.1) is 6.04 Å². The Labute approximate surface area is 157 Å². The zero-order valence-electron chi connectivity index (χ0n) is 17.1. The van der Waals surface area contributed by atoms with Crippen LogP contribution in [0.15, 0.2) is 30.3 Å². The maximum Gasteiger partial charge on any atom is 0.261 e. The predicted molar refractivity (Wildman–Crippen MR) is 108 cm³/mol. The first-order chi connectivity index (χ1) is 12.2. The molecule has 0 saturated carbocycles. The van der Waals surface area contributed by atoms with E-state index in [2.05, 4.69) is 57.3 Å². The molecule has 1 N–H and O–H groups in total. The minimum Gasteiger partial charge on any atom is -0.481 e. The normalized spacial score (nSPS) is 13.2. The van der Waals surface area contributed by atoms with Gasteiger partial charge in [0.1, 0.15) is 5.75 Å². The van der Waals surface area contributed by atoms with E-state index < -0.39 is 6.10 Å². The number of benzene rings is 2. The van der Waals surface area contributed by atoms with Crippen molar-refractivity contribution in [3.8, 4) is 5.75 Å². The van der Waals surface area contributed by atoms with Crippen molar-refractivity contribution in [3.05, 3.63) is 63.7 Å². The lowest BCUT2D eigenvalue weighted by Gasteiger charge is -2.22. The first-order valence-corrected chi connectivity index (χ1v) is 9.35. The molecule has 140 valence electrons. The second kappa shape index (κ2) is 8.39. The lowest BCUT2D eigenvalue weighted by molar-refractivity contribution is -0.128. The quantitative estimate of drug-likeness (QED) is 0.769. The molecule has 0 fully saturated rings. The number of ether oxygens (including phenoxy) is 1. The third kappa shape index (κ3) is 4.66. The van der Waals surface area contributed by atoms with Gasteiger partial charge in [-0.15, -0.1) is 0 Å². The van der Waals surface area contributed by atoms with E-state index in [4.69, 9.17) is 4.74 Å². The van der Waals surface area contributed by atoms with E-state index in [1.807, 2.05) is 19.9 Å². The summed E-state index contributed by atoms with van der Waals surface area (Å²) in [6, 6.07) is 10.5. The molecule has 0 aromatic heterocycles. The molecule has 1 amide bonds. The molecule has 0 aliphatic rings. The van der Waals surface area contributed by atoms with Gasteiger partial charge in [-0.05, 0) is 87.4 Å². The van der Waals surface area contributed by atoms with Crippen molar-refractivity contribution in [1.29, 1.82) is 0 Å². The molecule has 3 nitrogen and oxygen atoms in total. The number of carbonyl (C=O) groups excluding carboxylic acids is 1. The standard InChI is InChI=1S/C23H31NO2/c1-8-21(20-10-9-15(3)16(4)13-20)24-23(25)19(7)26-22-12-14(2)11-17(5)18(22)6/h9-13,19,21H,8H2,1-7H3,(H,24,25)/t19-,21+/m0/s1. The number of hydrogen-bond donors (Lipinski definition) is 1. The number of aryl methyl sites for hydroxylation is 4. The Morgan fingerprint density at radius 3 is 2.31 bits per heavy atom. The molecule has 3 heteroatoms. The van der Waals surface area contributed by atoms with Gasteiger partial charge >= 0.3 is 0 Å². The Balaban J connectivity index is 2.11. The third-order valence-electron chi connectivity index (χ3n) is 5.10. The van der Waals surface area contributed by atoms with E-state index in [0.717, 1.165) is 28.9 Å². The molecule has 0 bridgehead atoms. The minimum absolute atomic E-state index is 0.00630. The summed E-state index contributed by atoms with van der Waals surface area (Å²) in [5.74, 6) is 0.693. The SMILES string of the molecule is CC[C@@H](NC(=O)[C@H](C)Oc1cc(C)cc(C)c1C)c1ccc(C)c(C)c1. The summed E-state index contributed by atoms with van der Waals surface area (Å²) in [6.07, 6.45) is 0.291. The first kappa shape index (κ1) is 20.0. The van der Waals surface area contributed by atoms with Crippen LogP contribution in [0.4, 0.5) is 0 Å². The Kier molecular flexibility index (Phi) is 6.47. The van der Waals surface area contributed by atoms with Crippen LogP contribution in [0.1, 0.15) is 59.7 Å². The second-order valence-corrected chi connectivity index (χ2v) is 7.28. The molecule has 0 unspecified atom stereocenters. The molecule has 26 heavy (non-hydrogen) atoms. The topological polar surface area (TPSA) is 38.3 Å². The number of hydrogen-bond acceptors (Lipinski definition) is 2. The fourth-order valence-corrected chi connectivity index (χ4v) is 3.06. The highest BCUT2D eigenvalue weighted by atomic mass is 16.5. The largest absolute Gasteiger partial charge is 0.481 e. The zero-order chi connectivity index (χ0) is 19.4. The van der Waals surface area contributed by atoms with Crippen LogP contribution in [0.5, 0.6) is 5.75 Å². The van der Waals surface area contributed by atoms with Crippen LogP contribution >= 0.6 is 0 Å². The van der Waals surface area contributed by atoms with Crippen LogP contribution in [0.3, 0.4) is 0 Å². The smallest absolute Gasteiger partial charge is 0.261 e. The summed E-state index contributed by atoms with van der Waals surface area (Å²) in [7, 11) is 0. The molecular weight excluding hydrogens is 322 g/mol. The third-order valence-corrected chi connectivity index (χ3v) is 5.10. The maximum absolute atomic E-state index is 12.7. The Bertz CT molecular complexity index is 795. The van der Waals surface area contributed by atoms with E-state index in [0.29, 0.717) is 0 Å². The number of nitrogens with one attached hydrogen (secondary N) is 1. The zero-order valence-corrected chi connectivity index (χ0v) is 17.1. The molecule has 2 aromatic carbocycles. The number of amides is 1. The van der Waals surface area contributed by atoms with Gasteiger partial charge in [-0.1, -0.05) is 31.2 Å². The molecule has 2 rings (SSSR count). The van der Waals surface area contributed by atoms with Crippen LogP contribution in [-0.4, -0.2) is 12.0 Å². The number of carbonyl (C=O) groups is 1. The van der Waals surface area contributed by atoms with Crippen molar-refractivity contribution >= 4 is 5.91 Å². The van der Waals surface area contributed by atoms with Gasteiger partial charge in [-0.2, -0.15) is 0 Å². The number of rotatable bonds is 6. The lowest BCUT2D eigenvalue weighted by atomic mass is 9.99. The Morgan fingerprint density at radius 2 is 1.69 bits per heavy atom. The predicted octanol–water partition coefficient (Wildman–Crippen LogP) is 5.26. The molecule has 0 saturated heterocycles. The van der Waals surface area contributed by atoms with Crippen molar-refractivity contribution in [2.45, 2.75) is 67.0 Å². The van der Waals surface area contributed by atoms with E-state index >= 15 is 0 Å². The van der Waals surface area contributed by atoms with Crippen LogP contribution in [0.25, 0.3) is 0 Å². The molecule has 0 aliphatic heterocycles.